The molecule has 17 heavy (non-hydrogen) atoms. The van der Waals surface area contributed by atoms with Crippen LogP contribution in [0.1, 0.15) is 11.1 Å². The Morgan fingerprint density at radius 3 is 3.00 bits per heavy atom. The number of aromatic nitrogens is 2. The molecule has 0 spiro atoms. The summed E-state index contributed by atoms with van der Waals surface area (Å²) >= 11 is 5.95. The van der Waals surface area contributed by atoms with E-state index in [4.69, 9.17) is 17.3 Å². The molecule has 0 atom stereocenters. The molecule has 0 radical (unpaired) electrons. The maximum atomic E-state index is 5.95. The number of rotatable bonds is 3. The average molecular weight is 249 g/mol. The predicted octanol–water partition coefficient (Wildman–Crippen LogP) is 2.63. The standard InChI is InChI=1S/C12H13ClN4/c1-8-9(3-2-4-11(8)14)5-16-12-10(13)6-15-7-17-12/h2-4,6-7H,5,14H2,1H3,(H,15,16,17). The Balaban J connectivity index is 2.13. The van der Waals surface area contributed by atoms with Crippen LogP contribution in [0.2, 0.25) is 5.02 Å². The second-order valence-corrected chi connectivity index (χ2v) is 4.11. The van der Waals surface area contributed by atoms with Crippen LogP contribution < -0.4 is 11.1 Å². The van der Waals surface area contributed by atoms with E-state index in [0.29, 0.717) is 17.4 Å². The second-order valence-electron chi connectivity index (χ2n) is 3.70. The predicted molar refractivity (Wildman–Crippen MR) is 70.0 cm³/mol. The van der Waals surface area contributed by atoms with Crippen molar-refractivity contribution in [2.45, 2.75) is 13.5 Å². The fourth-order valence-electron chi connectivity index (χ4n) is 1.52. The van der Waals surface area contributed by atoms with Gasteiger partial charge in [0.25, 0.3) is 0 Å². The molecule has 2 aromatic rings. The van der Waals surface area contributed by atoms with E-state index in [1.54, 1.807) is 6.20 Å². The largest absolute Gasteiger partial charge is 0.399 e. The lowest BCUT2D eigenvalue weighted by Crippen LogP contribution is -2.05. The summed E-state index contributed by atoms with van der Waals surface area (Å²) in [4.78, 5) is 7.89. The second kappa shape index (κ2) is 5.01. The Hall–Kier alpha value is -1.81. The number of hydrogen-bond acceptors (Lipinski definition) is 4. The Kier molecular flexibility index (Phi) is 3.44. The number of nitrogens with zero attached hydrogens (tertiary/aromatic N) is 2. The third kappa shape index (κ3) is 2.65. The fraction of sp³-hybridized carbons (Fsp3) is 0.167. The van der Waals surface area contributed by atoms with Gasteiger partial charge in [0.05, 0.1) is 6.20 Å². The topological polar surface area (TPSA) is 63.8 Å². The van der Waals surface area contributed by atoms with E-state index in [9.17, 15) is 0 Å². The van der Waals surface area contributed by atoms with Gasteiger partial charge in [-0.05, 0) is 24.1 Å². The zero-order valence-corrected chi connectivity index (χ0v) is 10.2. The van der Waals surface area contributed by atoms with Crippen LogP contribution in [0.5, 0.6) is 0 Å². The third-order valence-corrected chi connectivity index (χ3v) is 2.88. The van der Waals surface area contributed by atoms with Gasteiger partial charge in [-0.25, -0.2) is 9.97 Å². The first-order chi connectivity index (χ1) is 8.18. The highest BCUT2D eigenvalue weighted by atomic mass is 35.5. The van der Waals surface area contributed by atoms with Gasteiger partial charge in [0.15, 0.2) is 0 Å². The minimum absolute atomic E-state index is 0.508. The smallest absolute Gasteiger partial charge is 0.148 e. The summed E-state index contributed by atoms with van der Waals surface area (Å²) in [6.45, 7) is 2.63. The van der Waals surface area contributed by atoms with E-state index in [0.717, 1.165) is 16.8 Å². The number of hydrogen-bond donors (Lipinski definition) is 2. The first-order valence-electron chi connectivity index (χ1n) is 5.22. The number of anilines is 2. The van der Waals surface area contributed by atoms with Crippen molar-refractivity contribution in [3.05, 3.63) is 46.9 Å². The molecular weight excluding hydrogens is 236 g/mol. The number of nitrogen functional groups attached to an aromatic ring is 1. The molecule has 1 aromatic carbocycles. The van der Waals surface area contributed by atoms with Crippen LogP contribution >= 0.6 is 11.6 Å². The Morgan fingerprint density at radius 1 is 1.41 bits per heavy atom. The number of nitrogens with one attached hydrogen (secondary N) is 1. The molecule has 0 amide bonds. The molecular formula is C12H13ClN4. The van der Waals surface area contributed by atoms with Crippen LogP contribution in [0.25, 0.3) is 0 Å². The van der Waals surface area contributed by atoms with E-state index >= 15 is 0 Å². The molecule has 2 rings (SSSR count). The van der Waals surface area contributed by atoms with Crippen molar-refractivity contribution >= 4 is 23.1 Å². The molecule has 0 aliphatic rings. The molecule has 0 unspecified atom stereocenters. The quantitative estimate of drug-likeness (QED) is 0.820. The molecule has 1 aromatic heterocycles. The number of benzene rings is 1. The van der Waals surface area contributed by atoms with Gasteiger partial charge in [0.2, 0.25) is 0 Å². The van der Waals surface area contributed by atoms with E-state index < -0.39 is 0 Å². The van der Waals surface area contributed by atoms with Crippen molar-refractivity contribution in [3.8, 4) is 0 Å². The highest BCUT2D eigenvalue weighted by molar-refractivity contribution is 6.32. The van der Waals surface area contributed by atoms with Gasteiger partial charge in [0.1, 0.15) is 17.2 Å². The van der Waals surface area contributed by atoms with Gasteiger partial charge in [-0.3, -0.25) is 0 Å². The van der Waals surface area contributed by atoms with Crippen LogP contribution in [-0.2, 0) is 6.54 Å². The minimum atomic E-state index is 0.508. The molecule has 88 valence electrons. The summed E-state index contributed by atoms with van der Waals surface area (Å²) in [5.41, 5.74) is 8.83. The van der Waals surface area contributed by atoms with Gasteiger partial charge >= 0.3 is 0 Å². The summed E-state index contributed by atoms with van der Waals surface area (Å²) in [6, 6.07) is 5.84. The molecule has 5 heteroatoms. The van der Waals surface area contributed by atoms with Crippen molar-refractivity contribution in [1.82, 2.24) is 9.97 Å². The normalized spacial score (nSPS) is 10.2. The molecule has 0 saturated heterocycles. The molecule has 0 aliphatic heterocycles. The Bertz CT molecular complexity index is 528. The summed E-state index contributed by atoms with van der Waals surface area (Å²) < 4.78 is 0. The molecule has 0 fully saturated rings. The lowest BCUT2D eigenvalue weighted by atomic mass is 10.1. The Morgan fingerprint density at radius 2 is 2.24 bits per heavy atom. The van der Waals surface area contributed by atoms with Crippen molar-refractivity contribution in [3.63, 3.8) is 0 Å². The first kappa shape index (κ1) is 11.7. The summed E-state index contributed by atoms with van der Waals surface area (Å²) in [7, 11) is 0. The van der Waals surface area contributed by atoms with E-state index in [1.165, 1.54) is 6.33 Å². The lowest BCUT2D eigenvalue weighted by molar-refractivity contribution is 1.07. The maximum absolute atomic E-state index is 5.95. The van der Waals surface area contributed by atoms with Crippen molar-refractivity contribution in [2.75, 3.05) is 11.1 Å². The van der Waals surface area contributed by atoms with Crippen molar-refractivity contribution in [2.24, 2.45) is 0 Å². The molecule has 0 saturated carbocycles. The lowest BCUT2D eigenvalue weighted by Gasteiger charge is -2.10. The zero-order chi connectivity index (χ0) is 12.3. The van der Waals surface area contributed by atoms with Crippen LogP contribution in [0, 0.1) is 6.92 Å². The summed E-state index contributed by atoms with van der Waals surface area (Å²) in [6.07, 6.45) is 3.02. The summed E-state index contributed by atoms with van der Waals surface area (Å²) in [5.74, 6) is 0.628. The van der Waals surface area contributed by atoms with Gasteiger partial charge in [-0.15, -0.1) is 0 Å². The van der Waals surface area contributed by atoms with Crippen LogP contribution in [0.4, 0.5) is 11.5 Å². The van der Waals surface area contributed by atoms with E-state index in [2.05, 4.69) is 15.3 Å². The zero-order valence-electron chi connectivity index (χ0n) is 9.44. The van der Waals surface area contributed by atoms with E-state index in [1.807, 2.05) is 25.1 Å². The number of halogens is 1. The molecule has 4 nitrogen and oxygen atoms in total. The Labute approximate surface area is 105 Å². The highest BCUT2D eigenvalue weighted by Gasteiger charge is 2.03. The summed E-state index contributed by atoms with van der Waals surface area (Å²) in [5, 5.41) is 3.67. The van der Waals surface area contributed by atoms with Crippen LogP contribution in [0.15, 0.2) is 30.7 Å². The highest BCUT2D eigenvalue weighted by Crippen LogP contribution is 2.19. The van der Waals surface area contributed by atoms with Crippen molar-refractivity contribution in [1.29, 1.82) is 0 Å². The van der Waals surface area contributed by atoms with Gasteiger partial charge < -0.3 is 11.1 Å². The maximum Gasteiger partial charge on any atom is 0.148 e. The van der Waals surface area contributed by atoms with Crippen LogP contribution in [-0.4, -0.2) is 9.97 Å². The van der Waals surface area contributed by atoms with Gasteiger partial charge in [-0.1, -0.05) is 23.7 Å². The monoisotopic (exact) mass is 248 g/mol. The first-order valence-corrected chi connectivity index (χ1v) is 5.59. The molecule has 0 bridgehead atoms. The molecule has 1 heterocycles. The SMILES string of the molecule is Cc1c(N)cccc1CNc1ncncc1Cl. The fourth-order valence-corrected chi connectivity index (χ4v) is 1.69. The van der Waals surface area contributed by atoms with Gasteiger partial charge in [0, 0.05) is 12.2 Å². The van der Waals surface area contributed by atoms with Gasteiger partial charge in [-0.2, -0.15) is 0 Å². The minimum Gasteiger partial charge on any atom is -0.399 e. The molecule has 0 aliphatic carbocycles. The average Bonchev–Trinajstić information content (AvgIpc) is 2.33. The number of nitrogens with two attached hydrogens (primary N) is 1. The van der Waals surface area contributed by atoms with E-state index in [-0.39, 0.29) is 0 Å². The van der Waals surface area contributed by atoms with Crippen molar-refractivity contribution < 1.29 is 0 Å². The third-order valence-electron chi connectivity index (χ3n) is 2.60. The molecule has 3 N–H and O–H groups in total. The van der Waals surface area contributed by atoms with Crippen LogP contribution in [0.3, 0.4) is 0 Å².